The minimum absolute atomic E-state index is 0.668. The van der Waals surface area contributed by atoms with E-state index >= 15 is 0 Å². The number of halogens is 2. The van der Waals surface area contributed by atoms with Crippen LogP contribution < -0.4 is 5.32 Å². The van der Waals surface area contributed by atoms with Crippen molar-refractivity contribution in [3.05, 3.63) is 57.8 Å². The summed E-state index contributed by atoms with van der Waals surface area (Å²) >= 11 is 12.0. The van der Waals surface area contributed by atoms with Crippen molar-refractivity contribution in [2.45, 2.75) is 13.1 Å². The van der Waals surface area contributed by atoms with Crippen molar-refractivity contribution in [2.24, 2.45) is 0 Å². The molecule has 90 valence electrons. The van der Waals surface area contributed by atoms with Gasteiger partial charge in [0.25, 0.3) is 0 Å². The zero-order valence-electron chi connectivity index (χ0n) is 9.58. The highest BCUT2D eigenvalue weighted by molar-refractivity contribution is 6.35. The Labute approximate surface area is 111 Å². The van der Waals surface area contributed by atoms with Crippen molar-refractivity contribution in [1.29, 1.82) is 0 Å². The van der Waals surface area contributed by atoms with Gasteiger partial charge in [0, 0.05) is 35.0 Å². The number of benzene rings is 1. The van der Waals surface area contributed by atoms with E-state index in [4.69, 9.17) is 23.2 Å². The number of nitrogens with one attached hydrogen (secondary N) is 1. The van der Waals surface area contributed by atoms with Crippen molar-refractivity contribution in [1.82, 2.24) is 9.88 Å². The number of hydrogen-bond donors (Lipinski definition) is 1. The van der Waals surface area contributed by atoms with E-state index in [0.717, 1.165) is 18.7 Å². The molecular formula is C13H14Cl2N2. The molecule has 4 heteroatoms. The van der Waals surface area contributed by atoms with Gasteiger partial charge in [-0.3, -0.25) is 0 Å². The summed E-state index contributed by atoms with van der Waals surface area (Å²) in [6.07, 6.45) is 2.05. The Morgan fingerprint density at radius 3 is 2.76 bits per heavy atom. The zero-order valence-corrected chi connectivity index (χ0v) is 11.1. The van der Waals surface area contributed by atoms with Crippen LogP contribution in [0, 0.1) is 0 Å². The molecule has 0 saturated heterocycles. The SMILES string of the molecule is CNCc1cccn1Cc1ccc(Cl)cc1Cl. The molecule has 2 nitrogen and oxygen atoms in total. The zero-order chi connectivity index (χ0) is 12.3. The molecule has 0 unspecified atom stereocenters. The molecule has 0 aliphatic rings. The van der Waals surface area contributed by atoms with Gasteiger partial charge < -0.3 is 9.88 Å². The fraction of sp³-hybridized carbons (Fsp3) is 0.231. The molecule has 0 aliphatic heterocycles. The van der Waals surface area contributed by atoms with Crippen LogP contribution in [0.25, 0.3) is 0 Å². The molecule has 17 heavy (non-hydrogen) atoms. The standard InChI is InChI=1S/C13H14Cl2N2/c1-16-8-12-3-2-6-17(12)9-10-4-5-11(14)7-13(10)15/h2-7,16H,8-9H2,1H3. The monoisotopic (exact) mass is 268 g/mol. The van der Waals surface area contributed by atoms with Crippen LogP contribution in [0.15, 0.2) is 36.5 Å². The van der Waals surface area contributed by atoms with Gasteiger partial charge in [0.1, 0.15) is 0 Å². The van der Waals surface area contributed by atoms with Crippen molar-refractivity contribution in [3.8, 4) is 0 Å². The van der Waals surface area contributed by atoms with Crippen molar-refractivity contribution in [3.63, 3.8) is 0 Å². The van der Waals surface area contributed by atoms with Crippen LogP contribution in [0.2, 0.25) is 10.0 Å². The lowest BCUT2D eigenvalue weighted by molar-refractivity contribution is 0.694. The maximum absolute atomic E-state index is 6.16. The van der Waals surface area contributed by atoms with Gasteiger partial charge in [0.05, 0.1) is 0 Å². The van der Waals surface area contributed by atoms with Crippen molar-refractivity contribution in [2.75, 3.05) is 7.05 Å². The highest BCUT2D eigenvalue weighted by Crippen LogP contribution is 2.22. The maximum Gasteiger partial charge on any atom is 0.0488 e. The summed E-state index contributed by atoms with van der Waals surface area (Å²) in [5, 5.41) is 4.52. The van der Waals surface area contributed by atoms with Crippen LogP contribution >= 0.6 is 23.2 Å². The van der Waals surface area contributed by atoms with E-state index in [1.807, 2.05) is 25.2 Å². The quantitative estimate of drug-likeness (QED) is 0.898. The van der Waals surface area contributed by atoms with Crippen LogP contribution in [0.5, 0.6) is 0 Å². The molecule has 1 aromatic carbocycles. The first-order valence-corrected chi connectivity index (χ1v) is 6.19. The third kappa shape index (κ3) is 3.03. The van der Waals surface area contributed by atoms with Gasteiger partial charge in [0.15, 0.2) is 0 Å². The van der Waals surface area contributed by atoms with Gasteiger partial charge in [-0.25, -0.2) is 0 Å². The number of hydrogen-bond acceptors (Lipinski definition) is 1. The van der Waals surface area contributed by atoms with Crippen LogP contribution in [-0.2, 0) is 13.1 Å². The predicted octanol–water partition coefficient (Wildman–Crippen LogP) is 3.56. The Morgan fingerprint density at radius 2 is 2.06 bits per heavy atom. The molecule has 1 aromatic heterocycles. The van der Waals surface area contributed by atoms with E-state index in [1.54, 1.807) is 6.07 Å². The highest BCUT2D eigenvalue weighted by Gasteiger charge is 2.04. The lowest BCUT2D eigenvalue weighted by Crippen LogP contribution is -2.11. The molecule has 0 saturated carbocycles. The van der Waals surface area contributed by atoms with Gasteiger partial charge in [-0.2, -0.15) is 0 Å². The summed E-state index contributed by atoms with van der Waals surface area (Å²) < 4.78 is 2.17. The number of aromatic nitrogens is 1. The smallest absolute Gasteiger partial charge is 0.0488 e. The van der Waals surface area contributed by atoms with E-state index in [9.17, 15) is 0 Å². The summed E-state index contributed by atoms with van der Waals surface area (Å²) in [4.78, 5) is 0. The van der Waals surface area contributed by atoms with Gasteiger partial charge in [-0.1, -0.05) is 29.3 Å². The first-order valence-electron chi connectivity index (χ1n) is 5.43. The molecule has 0 radical (unpaired) electrons. The Bertz CT molecular complexity index is 506. The normalized spacial score (nSPS) is 10.8. The van der Waals surface area contributed by atoms with Gasteiger partial charge >= 0.3 is 0 Å². The van der Waals surface area contributed by atoms with Crippen molar-refractivity contribution >= 4 is 23.2 Å². The Kier molecular flexibility index (Phi) is 4.11. The molecule has 2 rings (SSSR count). The Balaban J connectivity index is 2.22. The second-order valence-electron chi connectivity index (χ2n) is 3.89. The molecule has 2 aromatic rings. The van der Waals surface area contributed by atoms with E-state index in [0.29, 0.717) is 10.0 Å². The minimum Gasteiger partial charge on any atom is -0.346 e. The summed E-state index contributed by atoms with van der Waals surface area (Å²) in [7, 11) is 1.94. The summed E-state index contributed by atoms with van der Waals surface area (Å²) in [6.45, 7) is 1.61. The third-order valence-corrected chi connectivity index (χ3v) is 3.22. The minimum atomic E-state index is 0.668. The summed E-state index contributed by atoms with van der Waals surface area (Å²) in [5.41, 5.74) is 2.31. The Morgan fingerprint density at radius 1 is 1.24 bits per heavy atom. The van der Waals surface area contributed by atoms with Crippen LogP contribution in [0.3, 0.4) is 0 Å². The molecule has 0 fully saturated rings. The van der Waals surface area contributed by atoms with Gasteiger partial charge in [0.2, 0.25) is 0 Å². The lowest BCUT2D eigenvalue weighted by Gasteiger charge is -2.10. The largest absolute Gasteiger partial charge is 0.346 e. The fourth-order valence-electron chi connectivity index (χ4n) is 1.78. The lowest BCUT2D eigenvalue weighted by atomic mass is 10.2. The summed E-state index contributed by atoms with van der Waals surface area (Å²) in [6, 6.07) is 9.74. The number of nitrogens with zero attached hydrogens (tertiary/aromatic N) is 1. The molecule has 0 spiro atoms. The third-order valence-electron chi connectivity index (χ3n) is 2.64. The average Bonchev–Trinajstić information content (AvgIpc) is 2.71. The summed E-state index contributed by atoms with van der Waals surface area (Å²) in [5.74, 6) is 0. The average molecular weight is 269 g/mol. The second-order valence-corrected chi connectivity index (χ2v) is 4.74. The fourth-order valence-corrected chi connectivity index (χ4v) is 2.25. The van der Waals surface area contributed by atoms with Crippen LogP contribution in [0.4, 0.5) is 0 Å². The molecule has 0 atom stereocenters. The van der Waals surface area contributed by atoms with E-state index in [1.165, 1.54) is 5.69 Å². The van der Waals surface area contributed by atoms with Gasteiger partial charge in [-0.15, -0.1) is 0 Å². The van der Waals surface area contributed by atoms with E-state index in [-0.39, 0.29) is 0 Å². The molecule has 1 N–H and O–H groups in total. The first-order chi connectivity index (χ1) is 8.20. The molecule has 0 amide bonds. The van der Waals surface area contributed by atoms with E-state index < -0.39 is 0 Å². The van der Waals surface area contributed by atoms with Crippen LogP contribution in [-0.4, -0.2) is 11.6 Å². The molecular weight excluding hydrogens is 255 g/mol. The maximum atomic E-state index is 6.16. The molecule has 0 bridgehead atoms. The van der Waals surface area contributed by atoms with Crippen molar-refractivity contribution < 1.29 is 0 Å². The molecule has 0 aliphatic carbocycles. The second kappa shape index (κ2) is 5.58. The highest BCUT2D eigenvalue weighted by atomic mass is 35.5. The molecule has 1 heterocycles. The van der Waals surface area contributed by atoms with Gasteiger partial charge in [-0.05, 0) is 36.9 Å². The first kappa shape index (κ1) is 12.5. The van der Waals surface area contributed by atoms with E-state index in [2.05, 4.69) is 22.1 Å². The Hall–Kier alpha value is -0.960. The topological polar surface area (TPSA) is 17.0 Å². The predicted molar refractivity (Wildman–Crippen MR) is 72.8 cm³/mol. The van der Waals surface area contributed by atoms with Crippen LogP contribution in [0.1, 0.15) is 11.3 Å². The number of rotatable bonds is 4.